The van der Waals surface area contributed by atoms with Crippen LogP contribution >= 0.6 is 0 Å². The lowest BCUT2D eigenvalue weighted by atomic mass is 10.6. The Balaban J connectivity index is 3.33. The molecular weight excluding hydrogens is 108 g/mol. The highest BCUT2D eigenvalue weighted by Gasteiger charge is 1.87. The van der Waals surface area contributed by atoms with Crippen LogP contribution in [0, 0.1) is 0 Å². The highest BCUT2D eigenvalue weighted by molar-refractivity contribution is 5.81. The van der Waals surface area contributed by atoms with E-state index >= 15 is 0 Å². The second kappa shape index (κ2) is 4.18. The maximum absolute atomic E-state index is 10.1. The van der Waals surface area contributed by atoms with Crippen LogP contribution in [0.25, 0.3) is 0 Å². The zero-order chi connectivity index (χ0) is 6.41. The Kier molecular flexibility index (Phi) is 3.66. The van der Waals surface area contributed by atoms with Crippen molar-refractivity contribution in [1.82, 2.24) is 0 Å². The molecule has 0 aromatic heterocycles. The van der Waals surface area contributed by atoms with E-state index in [0.717, 1.165) is 6.08 Å². The van der Waals surface area contributed by atoms with Crippen molar-refractivity contribution < 1.29 is 14.6 Å². The molecule has 0 aliphatic heterocycles. The van der Waals surface area contributed by atoms with Gasteiger partial charge in [-0.05, 0) is 6.92 Å². The molecule has 0 atom stereocenters. The molecule has 46 valence electrons. The van der Waals surface area contributed by atoms with Crippen LogP contribution in [0.4, 0.5) is 0 Å². The molecule has 0 aliphatic rings. The fraction of sp³-hybridized carbons (Fsp3) is 0.400. The van der Waals surface area contributed by atoms with Crippen molar-refractivity contribution in [3.8, 4) is 0 Å². The van der Waals surface area contributed by atoms with Crippen molar-refractivity contribution in [2.75, 3.05) is 6.61 Å². The lowest BCUT2D eigenvalue weighted by molar-refractivity contribution is -0.275. The maximum Gasteiger partial charge on any atom is 0.329 e. The molecule has 0 aromatic rings. The average Bonchev–Trinajstić information content (AvgIpc) is 1.68. The van der Waals surface area contributed by atoms with Crippen molar-refractivity contribution in [2.45, 2.75) is 6.92 Å². The first kappa shape index (κ1) is 7.01. The third-order valence-corrected chi connectivity index (χ3v) is 0.491. The Bertz CT molecular complexity index is 95.8. The van der Waals surface area contributed by atoms with E-state index in [4.69, 9.17) is 0 Å². The van der Waals surface area contributed by atoms with Crippen molar-refractivity contribution in [3.05, 3.63) is 12.3 Å². The van der Waals surface area contributed by atoms with Gasteiger partial charge in [0, 0.05) is 6.08 Å². The average molecular weight is 115 g/mol. The van der Waals surface area contributed by atoms with Crippen LogP contribution in [0.15, 0.2) is 12.3 Å². The van der Waals surface area contributed by atoms with Crippen molar-refractivity contribution in [2.24, 2.45) is 0 Å². The molecule has 0 amide bonds. The first-order chi connectivity index (χ1) is 3.81. The van der Waals surface area contributed by atoms with Gasteiger partial charge in [-0.1, -0.05) is 0 Å². The van der Waals surface area contributed by atoms with E-state index in [9.17, 15) is 9.90 Å². The third kappa shape index (κ3) is 3.21. The molecule has 0 spiro atoms. The summed E-state index contributed by atoms with van der Waals surface area (Å²) in [6, 6.07) is 0. The molecule has 0 unspecified atom stereocenters. The Morgan fingerprint density at radius 1 is 1.88 bits per heavy atom. The zero-order valence-electron chi connectivity index (χ0n) is 4.59. The Hall–Kier alpha value is -0.990. The first-order valence-electron chi connectivity index (χ1n) is 2.26. The smallest absolute Gasteiger partial charge is 0.329 e. The lowest BCUT2D eigenvalue weighted by Gasteiger charge is -1.94. The topological polar surface area (TPSA) is 49.4 Å². The molecule has 3 nitrogen and oxygen atoms in total. The summed E-state index contributed by atoms with van der Waals surface area (Å²) >= 11 is 0. The number of ether oxygens (including phenoxy) is 1. The monoisotopic (exact) mass is 115 g/mol. The predicted molar refractivity (Wildman–Crippen MR) is 25.8 cm³/mol. The summed E-state index contributed by atoms with van der Waals surface area (Å²) in [6.45, 7) is 1.99. The summed E-state index contributed by atoms with van der Waals surface area (Å²) in [5.74, 6) is -0.581. The fourth-order valence-electron chi connectivity index (χ4n) is 0.246. The summed E-state index contributed by atoms with van der Waals surface area (Å²) in [4.78, 5) is 10.1. The molecule has 0 aliphatic carbocycles. The molecule has 0 bridgehead atoms. The molecule has 0 radical (unpaired) electrons. The molecule has 8 heavy (non-hydrogen) atoms. The standard InChI is InChI=1S/C5H8O3/c1-2-8-5(7)3-4-6/h3-4,6H,2H2,1H3/p-1/b4-3-. The quantitative estimate of drug-likeness (QED) is 0.275. The van der Waals surface area contributed by atoms with E-state index in [1.165, 1.54) is 0 Å². The summed E-state index contributed by atoms with van der Waals surface area (Å²) < 4.78 is 4.36. The van der Waals surface area contributed by atoms with Gasteiger partial charge < -0.3 is 9.84 Å². The van der Waals surface area contributed by atoms with Gasteiger partial charge in [-0.15, -0.1) is 6.26 Å². The molecule has 0 fully saturated rings. The van der Waals surface area contributed by atoms with Crippen LogP contribution in [0.3, 0.4) is 0 Å². The molecule has 0 rings (SSSR count). The molecule has 3 heteroatoms. The third-order valence-electron chi connectivity index (χ3n) is 0.491. The molecule has 0 saturated heterocycles. The number of carbonyl (C=O) groups excluding carboxylic acids is 1. The molecular formula is C5H7O3-. The minimum absolute atomic E-state index is 0.309. The molecule has 0 aromatic carbocycles. The van der Waals surface area contributed by atoms with E-state index < -0.39 is 5.97 Å². The highest BCUT2D eigenvalue weighted by Crippen LogP contribution is 1.76. The highest BCUT2D eigenvalue weighted by atomic mass is 16.5. The minimum Gasteiger partial charge on any atom is -0.878 e. The Morgan fingerprint density at radius 2 is 2.50 bits per heavy atom. The van der Waals surface area contributed by atoms with Crippen molar-refractivity contribution in [3.63, 3.8) is 0 Å². The van der Waals surface area contributed by atoms with Gasteiger partial charge in [0.05, 0.1) is 6.61 Å². The van der Waals surface area contributed by atoms with E-state index in [0.29, 0.717) is 12.9 Å². The zero-order valence-corrected chi connectivity index (χ0v) is 4.59. The lowest BCUT2D eigenvalue weighted by Crippen LogP contribution is -2.00. The largest absolute Gasteiger partial charge is 0.878 e. The van der Waals surface area contributed by atoms with E-state index in [-0.39, 0.29) is 0 Å². The summed E-state index contributed by atoms with van der Waals surface area (Å²) in [5.41, 5.74) is 0. The van der Waals surface area contributed by atoms with Crippen LogP contribution < -0.4 is 5.11 Å². The number of rotatable bonds is 2. The maximum atomic E-state index is 10.1. The van der Waals surface area contributed by atoms with Gasteiger partial charge in [0.2, 0.25) is 0 Å². The number of hydrogen-bond donors (Lipinski definition) is 0. The Labute approximate surface area is 47.6 Å². The van der Waals surface area contributed by atoms with Crippen LogP contribution in [0.5, 0.6) is 0 Å². The van der Waals surface area contributed by atoms with Gasteiger partial charge in [0.25, 0.3) is 0 Å². The summed E-state index contributed by atoms with van der Waals surface area (Å²) in [7, 11) is 0. The minimum atomic E-state index is -0.581. The van der Waals surface area contributed by atoms with Gasteiger partial charge in [-0.2, -0.15) is 0 Å². The fourth-order valence-corrected chi connectivity index (χ4v) is 0.246. The summed E-state index contributed by atoms with van der Waals surface area (Å²) in [5, 5.41) is 9.53. The van der Waals surface area contributed by atoms with Crippen LogP contribution in [0.2, 0.25) is 0 Å². The van der Waals surface area contributed by atoms with Gasteiger partial charge in [-0.25, -0.2) is 4.79 Å². The first-order valence-corrected chi connectivity index (χ1v) is 2.26. The van der Waals surface area contributed by atoms with Crippen molar-refractivity contribution in [1.29, 1.82) is 0 Å². The van der Waals surface area contributed by atoms with Crippen molar-refractivity contribution >= 4 is 5.97 Å². The Morgan fingerprint density at radius 3 is 2.88 bits per heavy atom. The van der Waals surface area contributed by atoms with Crippen LogP contribution in [-0.2, 0) is 9.53 Å². The number of carbonyl (C=O) groups is 1. The van der Waals surface area contributed by atoms with Crippen LogP contribution in [0.1, 0.15) is 6.92 Å². The van der Waals surface area contributed by atoms with Gasteiger partial charge >= 0.3 is 5.97 Å². The molecule has 0 N–H and O–H groups in total. The van der Waals surface area contributed by atoms with Gasteiger partial charge in [0.15, 0.2) is 0 Å². The van der Waals surface area contributed by atoms with E-state index in [1.807, 2.05) is 0 Å². The second-order valence-electron chi connectivity index (χ2n) is 1.05. The molecule has 0 saturated carbocycles. The van der Waals surface area contributed by atoms with Gasteiger partial charge in [0.1, 0.15) is 0 Å². The number of hydrogen-bond acceptors (Lipinski definition) is 3. The van der Waals surface area contributed by atoms with E-state index in [2.05, 4.69) is 4.74 Å². The van der Waals surface area contributed by atoms with E-state index in [1.54, 1.807) is 6.92 Å². The predicted octanol–water partition coefficient (Wildman–Crippen LogP) is -0.577. The van der Waals surface area contributed by atoms with Gasteiger partial charge in [-0.3, -0.25) is 0 Å². The van der Waals surface area contributed by atoms with Crippen LogP contribution in [-0.4, -0.2) is 12.6 Å². The number of esters is 1. The SMILES string of the molecule is CCOC(=O)/C=C\[O-]. The normalized spacial score (nSPS) is 9.62. The molecule has 0 heterocycles. The second-order valence-corrected chi connectivity index (χ2v) is 1.05. The summed E-state index contributed by atoms with van der Waals surface area (Å²) in [6.07, 6.45) is 1.24.